The van der Waals surface area contributed by atoms with E-state index in [1.54, 1.807) is 7.11 Å². The second-order valence-corrected chi connectivity index (χ2v) is 7.78. The van der Waals surface area contributed by atoms with E-state index in [0.717, 1.165) is 71.2 Å². The maximum absolute atomic E-state index is 12.8. The zero-order chi connectivity index (χ0) is 17.5. The number of carbonyl (C=O) groups excluding carboxylic acids is 1. The predicted octanol–water partition coefficient (Wildman–Crippen LogP) is 1.58. The first-order valence-electron chi connectivity index (χ1n) is 9.93. The van der Waals surface area contributed by atoms with Crippen molar-refractivity contribution >= 4 is 5.91 Å². The predicted molar refractivity (Wildman–Crippen MR) is 95.6 cm³/mol. The SMILES string of the molecule is COCCC1(NC(=O)C2CCOCC2)CCN(C2CCOCC2)CC1. The van der Waals surface area contributed by atoms with Crippen LogP contribution in [0.25, 0.3) is 0 Å². The van der Waals surface area contributed by atoms with E-state index in [0.29, 0.717) is 25.9 Å². The fourth-order valence-electron chi connectivity index (χ4n) is 4.43. The molecule has 0 bridgehead atoms. The minimum Gasteiger partial charge on any atom is -0.385 e. The summed E-state index contributed by atoms with van der Waals surface area (Å²) < 4.78 is 16.2. The average molecular weight is 354 g/mol. The van der Waals surface area contributed by atoms with Crippen LogP contribution in [0.4, 0.5) is 0 Å². The minimum atomic E-state index is -0.104. The molecular weight excluding hydrogens is 320 g/mol. The number of methoxy groups -OCH3 is 1. The number of nitrogens with one attached hydrogen (secondary N) is 1. The van der Waals surface area contributed by atoms with Gasteiger partial charge in [0, 0.05) is 70.7 Å². The summed E-state index contributed by atoms with van der Waals surface area (Å²) >= 11 is 0. The maximum atomic E-state index is 12.8. The number of likely N-dealkylation sites (tertiary alicyclic amines) is 1. The Balaban J connectivity index is 1.56. The fourth-order valence-corrected chi connectivity index (χ4v) is 4.43. The Morgan fingerprint density at radius 2 is 1.68 bits per heavy atom. The molecule has 0 aromatic rings. The molecule has 0 aromatic carbocycles. The van der Waals surface area contributed by atoms with Crippen molar-refractivity contribution in [2.24, 2.45) is 5.92 Å². The summed E-state index contributed by atoms with van der Waals surface area (Å²) in [7, 11) is 1.74. The smallest absolute Gasteiger partial charge is 0.223 e. The molecule has 1 N–H and O–H groups in total. The number of carbonyl (C=O) groups is 1. The van der Waals surface area contributed by atoms with E-state index < -0.39 is 0 Å². The van der Waals surface area contributed by atoms with Gasteiger partial charge in [-0.1, -0.05) is 0 Å². The molecule has 3 rings (SSSR count). The third-order valence-corrected chi connectivity index (χ3v) is 6.23. The van der Waals surface area contributed by atoms with Gasteiger partial charge in [-0.25, -0.2) is 0 Å². The summed E-state index contributed by atoms with van der Waals surface area (Å²) in [6.45, 7) is 6.00. The summed E-state index contributed by atoms with van der Waals surface area (Å²) in [4.78, 5) is 15.4. The Bertz CT molecular complexity index is 412. The first-order valence-corrected chi connectivity index (χ1v) is 9.93. The molecule has 144 valence electrons. The highest BCUT2D eigenvalue weighted by Crippen LogP contribution is 2.30. The van der Waals surface area contributed by atoms with Crippen molar-refractivity contribution in [1.29, 1.82) is 0 Å². The van der Waals surface area contributed by atoms with Crippen molar-refractivity contribution in [1.82, 2.24) is 10.2 Å². The van der Waals surface area contributed by atoms with Crippen LogP contribution in [0.5, 0.6) is 0 Å². The lowest BCUT2D eigenvalue weighted by Crippen LogP contribution is -2.58. The number of piperidine rings is 1. The molecule has 0 aromatic heterocycles. The lowest BCUT2D eigenvalue weighted by atomic mass is 9.82. The first-order chi connectivity index (χ1) is 12.2. The molecule has 6 heteroatoms. The van der Waals surface area contributed by atoms with Gasteiger partial charge in [0.2, 0.25) is 5.91 Å². The Labute approximate surface area is 151 Å². The van der Waals surface area contributed by atoms with E-state index in [9.17, 15) is 4.79 Å². The highest BCUT2D eigenvalue weighted by Gasteiger charge is 2.39. The molecule has 3 aliphatic rings. The summed E-state index contributed by atoms with van der Waals surface area (Å²) in [5.41, 5.74) is -0.104. The van der Waals surface area contributed by atoms with Crippen molar-refractivity contribution in [2.45, 2.75) is 56.5 Å². The van der Waals surface area contributed by atoms with Crippen LogP contribution >= 0.6 is 0 Å². The monoisotopic (exact) mass is 354 g/mol. The normalized spacial score (nSPS) is 26.4. The number of hydrogen-bond acceptors (Lipinski definition) is 5. The quantitative estimate of drug-likeness (QED) is 0.785. The highest BCUT2D eigenvalue weighted by atomic mass is 16.5. The second-order valence-electron chi connectivity index (χ2n) is 7.78. The molecule has 0 radical (unpaired) electrons. The van der Waals surface area contributed by atoms with Crippen LogP contribution in [0.3, 0.4) is 0 Å². The third-order valence-electron chi connectivity index (χ3n) is 6.23. The van der Waals surface area contributed by atoms with E-state index in [1.165, 1.54) is 0 Å². The van der Waals surface area contributed by atoms with Gasteiger partial charge in [0.25, 0.3) is 0 Å². The minimum absolute atomic E-state index is 0.104. The van der Waals surface area contributed by atoms with Crippen LogP contribution in [0.1, 0.15) is 44.9 Å². The number of hydrogen-bond donors (Lipinski definition) is 1. The molecule has 3 saturated heterocycles. The first kappa shape index (κ1) is 19.1. The van der Waals surface area contributed by atoms with Crippen molar-refractivity contribution < 1.29 is 19.0 Å². The maximum Gasteiger partial charge on any atom is 0.223 e. The molecule has 0 spiro atoms. The molecule has 3 fully saturated rings. The van der Waals surface area contributed by atoms with E-state index in [1.807, 2.05) is 0 Å². The van der Waals surface area contributed by atoms with Crippen LogP contribution in [0.2, 0.25) is 0 Å². The largest absolute Gasteiger partial charge is 0.385 e. The number of nitrogens with zero attached hydrogens (tertiary/aromatic N) is 1. The van der Waals surface area contributed by atoms with E-state index >= 15 is 0 Å². The van der Waals surface area contributed by atoms with Gasteiger partial charge in [-0.05, 0) is 44.9 Å². The molecule has 0 atom stereocenters. The Kier molecular flexibility index (Phi) is 7.10. The van der Waals surface area contributed by atoms with Crippen LogP contribution in [0, 0.1) is 5.92 Å². The lowest BCUT2D eigenvalue weighted by molar-refractivity contribution is -0.131. The van der Waals surface area contributed by atoms with Crippen LogP contribution in [0.15, 0.2) is 0 Å². The number of ether oxygens (including phenoxy) is 3. The third kappa shape index (κ3) is 5.16. The molecule has 0 saturated carbocycles. The van der Waals surface area contributed by atoms with E-state index in [4.69, 9.17) is 14.2 Å². The van der Waals surface area contributed by atoms with Gasteiger partial charge in [-0.3, -0.25) is 4.79 Å². The molecule has 0 aliphatic carbocycles. The zero-order valence-electron chi connectivity index (χ0n) is 15.6. The summed E-state index contributed by atoms with van der Waals surface area (Å²) in [5.74, 6) is 0.334. The lowest BCUT2D eigenvalue weighted by Gasteiger charge is -2.46. The second kappa shape index (κ2) is 9.31. The van der Waals surface area contributed by atoms with Crippen LogP contribution < -0.4 is 5.32 Å². The fraction of sp³-hybridized carbons (Fsp3) is 0.947. The topological polar surface area (TPSA) is 60.0 Å². The van der Waals surface area contributed by atoms with Gasteiger partial charge in [0.05, 0.1) is 0 Å². The van der Waals surface area contributed by atoms with E-state index in [-0.39, 0.29) is 17.4 Å². The Hall–Kier alpha value is -0.690. The summed E-state index contributed by atoms with van der Waals surface area (Å²) in [5, 5.41) is 3.43. The zero-order valence-corrected chi connectivity index (χ0v) is 15.6. The highest BCUT2D eigenvalue weighted by molar-refractivity contribution is 5.79. The molecular formula is C19H34N2O4. The molecule has 3 heterocycles. The van der Waals surface area contributed by atoms with Crippen molar-refractivity contribution in [3.05, 3.63) is 0 Å². The summed E-state index contributed by atoms with van der Waals surface area (Å²) in [6, 6.07) is 0.653. The van der Waals surface area contributed by atoms with Gasteiger partial charge in [-0.15, -0.1) is 0 Å². The number of rotatable bonds is 6. The molecule has 3 aliphatic heterocycles. The Morgan fingerprint density at radius 3 is 2.28 bits per heavy atom. The van der Waals surface area contributed by atoms with Crippen LogP contribution in [-0.4, -0.2) is 75.6 Å². The van der Waals surface area contributed by atoms with Gasteiger partial charge >= 0.3 is 0 Å². The van der Waals surface area contributed by atoms with Crippen LogP contribution in [-0.2, 0) is 19.0 Å². The standard InChI is InChI=1S/C19H34N2O4/c1-23-15-8-19(20-18(22)16-2-11-24-12-3-16)6-9-21(10-7-19)17-4-13-25-14-5-17/h16-17H,2-15H2,1H3,(H,20,22). The molecule has 0 unspecified atom stereocenters. The van der Waals surface area contributed by atoms with Gasteiger partial charge in [0.15, 0.2) is 0 Å². The van der Waals surface area contributed by atoms with E-state index in [2.05, 4.69) is 10.2 Å². The Morgan fingerprint density at radius 1 is 1.08 bits per heavy atom. The van der Waals surface area contributed by atoms with Gasteiger partial charge in [0.1, 0.15) is 0 Å². The molecule has 25 heavy (non-hydrogen) atoms. The van der Waals surface area contributed by atoms with Crippen molar-refractivity contribution in [3.8, 4) is 0 Å². The van der Waals surface area contributed by atoms with Gasteiger partial charge in [-0.2, -0.15) is 0 Å². The molecule has 6 nitrogen and oxygen atoms in total. The number of amides is 1. The molecule has 1 amide bonds. The summed E-state index contributed by atoms with van der Waals surface area (Å²) in [6.07, 6.45) is 6.91. The average Bonchev–Trinajstić information content (AvgIpc) is 2.68. The van der Waals surface area contributed by atoms with Crippen molar-refractivity contribution in [3.63, 3.8) is 0 Å². The van der Waals surface area contributed by atoms with Gasteiger partial charge < -0.3 is 24.4 Å². The van der Waals surface area contributed by atoms with Crippen molar-refractivity contribution in [2.75, 3.05) is 53.2 Å².